The molecule has 2 rings (SSSR count). The van der Waals surface area contributed by atoms with Crippen LogP contribution in [0.5, 0.6) is 5.75 Å². The van der Waals surface area contributed by atoms with E-state index in [1.54, 1.807) is 19.1 Å². The van der Waals surface area contributed by atoms with E-state index in [1.807, 2.05) is 0 Å². The Kier molecular flexibility index (Phi) is 3.85. The topological polar surface area (TPSA) is 49.3 Å². The van der Waals surface area contributed by atoms with Gasteiger partial charge in [0.1, 0.15) is 11.6 Å². The van der Waals surface area contributed by atoms with Crippen molar-refractivity contribution in [3.05, 3.63) is 57.8 Å². The molecule has 98 valence electrons. The van der Waals surface area contributed by atoms with E-state index in [0.717, 1.165) is 5.56 Å². The third-order valence-electron chi connectivity index (χ3n) is 2.57. The molecule has 19 heavy (non-hydrogen) atoms. The van der Waals surface area contributed by atoms with E-state index in [2.05, 4.69) is 21.2 Å². The lowest BCUT2D eigenvalue weighted by atomic mass is 10.1. The predicted molar refractivity (Wildman–Crippen MR) is 74.9 cm³/mol. The molecule has 2 N–H and O–H groups in total. The summed E-state index contributed by atoms with van der Waals surface area (Å²) in [5.74, 6) is -1.24. The average molecular weight is 324 g/mol. The quantitative estimate of drug-likeness (QED) is 0.881. The second-order valence-corrected chi connectivity index (χ2v) is 5.01. The van der Waals surface area contributed by atoms with E-state index in [-0.39, 0.29) is 17.0 Å². The second-order valence-electron chi connectivity index (χ2n) is 4.10. The maximum Gasteiger partial charge on any atom is 0.259 e. The highest BCUT2D eigenvalue weighted by Gasteiger charge is 2.13. The Bertz CT molecular complexity index is 643. The minimum atomic E-state index is -0.557. The van der Waals surface area contributed by atoms with Crippen LogP contribution in [0.25, 0.3) is 0 Å². The fraction of sp³-hybridized carbons (Fsp3) is 0.0714. The lowest BCUT2D eigenvalue weighted by Gasteiger charge is -2.09. The number of rotatable bonds is 2. The van der Waals surface area contributed by atoms with Crippen LogP contribution in [-0.4, -0.2) is 11.0 Å². The first kappa shape index (κ1) is 13.5. The normalized spacial score (nSPS) is 10.3. The van der Waals surface area contributed by atoms with Crippen LogP contribution in [-0.2, 0) is 0 Å². The molecule has 3 nitrogen and oxygen atoms in total. The van der Waals surface area contributed by atoms with Gasteiger partial charge in [-0.3, -0.25) is 4.79 Å². The molecule has 0 aliphatic heterocycles. The van der Waals surface area contributed by atoms with E-state index in [9.17, 15) is 14.3 Å². The maximum atomic E-state index is 13.5. The van der Waals surface area contributed by atoms with Crippen LogP contribution < -0.4 is 5.32 Å². The van der Waals surface area contributed by atoms with E-state index in [4.69, 9.17) is 0 Å². The molecule has 5 heteroatoms. The van der Waals surface area contributed by atoms with Crippen molar-refractivity contribution in [3.8, 4) is 5.75 Å². The number of aromatic hydroxyl groups is 1. The van der Waals surface area contributed by atoms with Crippen LogP contribution in [0.4, 0.5) is 10.1 Å². The second kappa shape index (κ2) is 5.40. The molecule has 0 aliphatic carbocycles. The predicted octanol–water partition coefficient (Wildman–Crippen LogP) is 3.85. The smallest absolute Gasteiger partial charge is 0.259 e. The number of benzene rings is 2. The van der Waals surface area contributed by atoms with Gasteiger partial charge < -0.3 is 10.4 Å². The monoisotopic (exact) mass is 323 g/mol. The van der Waals surface area contributed by atoms with Crippen LogP contribution in [0.3, 0.4) is 0 Å². The van der Waals surface area contributed by atoms with Crippen molar-refractivity contribution in [2.45, 2.75) is 6.92 Å². The highest BCUT2D eigenvalue weighted by atomic mass is 79.9. The number of halogens is 2. The van der Waals surface area contributed by atoms with E-state index < -0.39 is 11.7 Å². The van der Waals surface area contributed by atoms with E-state index >= 15 is 0 Å². The zero-order valence-corrected chi connectivity index (χ0v) is 11.7. The molecular weight excluding hydrogens is 313 g/mol. The first-order chi connectivity index (χ1) is 8.97. The summed E-state index contributed by atoms with van der Waals surface area (Å²) >= 11 is 3.20. The highest BCUT2D eigenvalue weighted by Crippen LogP contribution is 2.23. The lowest BCUT2D eigenvalue weighted by Crippen LogP contribution is -2.13. The zero-order chi connectivity index (χ0) is 14.0. The summed E-state index contributed by atoms with van der Waals surface area (Å²) in [5.41, 5.74) is 0.998. The van der Waals surface area contributed by atoms with Gasteiger partial charge in [0.2, 0.25) is 0 Å². The molecule has 0 radical (unpaired) electrons. The molecule has 0 atom stereocenters. The summed E-state index contributed by atoms with van der Waals surface area (Å²) in [7, 11) is 0. The molecule has 0 fully saturated rings. The third kappa shape index (κ3) is 3.12. The molecular formula is C14H11BrFNO2. The van der Waals surface area contributed by atoms with Crippen molar-refractivity contribution in [1.29, 1.82) is 0 Å². The number of phenolic OH excluding ortho intramolecular Hbond substituents is 1. The number of amides is 1. The van der Waals surface area contributed by atoms with Gasteiger partial charge in [-0.1, -0.05) is 27.6 Å². The van der Waals surface area contributed by atoms with Gasteiger partial charge in [-0.05, 0) is 37.3 Å². The Labute approximate surface area is 118 Å². The van der Waals surface area contributed by atoms with Crippen LogP contribution in [0.15, 0.2) is 40.9 Å². The van der Waals surface area contributed by atoms with Gasteiger partial charge in [-0.2, -0.15) is 0 Å². The summed E-state index contributed by atoms with van der Waals surface area (Å²) < 4.78 is 14.2. The third-order valence-corrected chi connectivity index (χ3v) is 3.07. The SMILES string of the molecule is Cc1ccc(O)c(C(=O)Nc2cc(Br)ccc2F)c1. The first-order valence-corrected chi connectivity index (χ1v) is 6.32. The Morgan fingerprint density at radius 1 is 1.26 bits per heavy atom. The highest BCUT2D eigenvalue weighted by molar-refractivity contribution is 9.10. The fourth-order valence-corrected chi connectivity index (χ4v) is 1.98. The number of phenols is 1. The molecule has 0 saturated heterocycles. The van der Waals surface area contributed by atoms with Gasteiger partial charge in [-0.15, -0.1) is 0 Å². The molecule has 0 bridgehead atoms. The molecule has 0 saturated carbocycles. The van der Waals surface area contributed by atoms with Crippen molar-refractivity contribution in [2.24, 2.45) is 0 Å². The summed E-state index contributed by atoms with van der Waals surface area (Å²) in [6, 6.07) is 8.90. The standard InChI is InChI=1S/C14H11BrFNO2/c1-8-2-5-13(18)10(6-8)14(19)17-12-7-9(15)3-4-11(12)16/h2-7,18H,1H3,(H,17,19). The molecule has 0 aromatic heterocycles. The van der Waals surface area contributed by atoms with E-state index in [1.165, 1.54) is 24.3 Å². The van der Waals surface area contributed by atoms with Crippen molar-refractivity contribution < 1.29 is 14.3 Å². The van der Waals surface area contributed by atoms with Crippen molar-refractivity contribution in [2.75, 3.05) is 5.32 Å². The van der Waals surface area contributed by atoms with Gasteiger partial charge in [0.05, 0.1) is 11.3 Å². The maximum absolute atomic E-state index is 13.5. The molecule has 0 unspecified atom stereocenters. The Balaban J connectivity index is 2.30. The number of nitrogens with one attached hydrogen (secondary N) is 1. The number of hydrogen-bond acceptors (Lipinski definition) is 2. The molecule has 0 heterocycles. The first-order valence-electron chi connectivity index (χ1n) is 5.53. The van der Waals surface area contributed by atoms with Crippen LogP contribution in [0.2, 0.25) is 0 Å². The molecule has 2 aromatic carbocycles. The van der Waals surface area contributed by atoms with Gasteiger partial charge in [-0.25, -0.2) is 4.39 Å². The number of anilines is 1. The molecule has 0 aliphatic rings. The Morgan fingerprint density at radius 2 is 2.00 bits per heavy atom. The molecule has 1 amide bonds. The van der Waals surface area contributed by atoms with Gasteiger partial charge in [0.15, 0.2) is 0 Å². The van der Waals surface area contributed by atoms with Gasteiger partial charge in [0.25, 0.3) is 5.91 Å². The van der Waals surface area contributed by atoms with Crippen molar-refractivity contribution in [1.82, 2.24) is 0 Å². The molecule has 2 aromatic rings. The number of carbonyl (C=O) groups excluding carboxylic acids is 1. The minimum absolute atomic E-state index is 0.0558. The Morgan fingerprint density at radius 3 is 2.74 bits per heavy atom. The minimum Gasteiger partial charge on any atom is -0.507 e. The van der Waals surface area contributed by atoms with Crippen LogP contribution in [0.1, 0.15) is 15.9 Å². The zero-order valence-electron chi connectivity index (χ0n) is 10.1. The van der Waals surface area contributed by atoms with Gasteiger partial charge >= 0.3 is 0 Å². The number of carbonyl (C=O) groups is 1. The van der Waals surface area contributed by atoms with Crippen molar-refractivity contribution in [3.63, 3.8) is 0 Å². The molecule has 0 spiro atoms. The summed E-state index contributed by atoms with van der Waals surface area (Å²) in [5, 5.41) is 12.1. The van der Waals surface area contributed by atoms with Crippen LogP contribution >= 0.6 is 15.9 Å². The largest absolute Gasteiger partial charge is 0.507 e. The van der Waals surface area contributed by atoms with E-state index in [0.29, 0.717) is 4.47 Å². The summed E-state index contributed by atoms with van der Waals surface area (Å²) in [6.07, 6.45) is 0. The fourth-order valence-electron chi connectivity index (χ4n) is 1.61. The average Bonchev–Trinajstić information content (AvgIpc) is 2.36. The van der Waals surface area contributed by atoms with Gasteiger partial charge in [0, 0.05) is 4.47 Å². The van der Waals surface area contributed by atoms with Crippen molar-refractivity contribution >= 4 is 27.5 Å². The lowest BCUT2D eigenvalue weighted by molar-refractivity contribution is 0.102. The number of hydrogen-bond donors (Lipinski definition) is 2. The summed E-state index contributed by atoms with van der Waals surface area (Å²) in [4.78, 5) is 12.0. The Hall–Kier alpha value is -1.88. The summed E-state index contributed by atoms with van der Waals surface area (Å²) in [6.45, 7) is 1.80. The van der Waals surface area contributed by atoms with Crippen LogP contribution in [0, 0.1) is 12.7 Å². The number of aryl methyl sites for hydroxylation is 1.